The smallest absolute Gasteiger partial charge is 0.117 e. The largest absolute Gasteiger partial charge is 0.398 e. The third-order valence-electron chi connectivity index (χ3n) is 14.5. The SMILES string of the molecule is [B]C1=C2C(=C)C(c3ccccc3C)C=C1N(c1ccc3c(c1)-c1ccccc1C3(C)C)c1cc(-c3ccccc3C(C)(C)C)ccc1C1=C(c3cc4ccccc4cc3N)CCC=C21. The predicted octanol–water partition coefficient (Wildman–Crippen LogP) is 15.4. The molecular formula is C61H53BN2. The van der Waals surface area contributed by atoms with Crippen LogP contribution in [0.4, 0.5) is 17.1 Å². The first-order chi connectivity index (χ1) is 30.8. The number of allylic oxidation sites excluding steroid dienone is 8. The van der Waals surface area contributed by atoms with Crippen molar-refractivity contribution in [3.8, 4) is 22.3 Å². The Balaban J connectivity index is 1.28. The van der Waals surface area contributed by atoms with E-state index in [0.717, 1.165) is 79.9 Å². The van der Waals surface area contributed by atoms with Crippen LogP contribution in [0.15, 0.2) is 192 Å². The molecule has 2 bridgehead atoms. The van der Waals surface area contributed by atoms with Crippen molar-refractivity contribution in [1.82, 2.24) is 0 Å². The Hall–Kier alpha value is -6.84. The number of benzene rings is 7. The van der Waals surface area contributed by atoms with Gasteiger partial charge in [-0.25, -0.2) is 0 Å². The highest BCUT2D eigenvalue weighted by atomic mass is 15.2. The lowest BCUT2D eigenvalue weighted by Crippen LogP contribution is -2.28. The second-order valence-electron chi connectivity index (χ2n) is 19.8. The van der Waals surface area contributed by atoms with E-state index in [4.69, 9.17) is 20.2 Å². The van der Waals surface area contributed by atoms with E-state index in [9.17, 15) is 0 Å². The van der Waals surface area contributed by atoms with E-state index in [-0.39, 0.29) is 16.7 Å². The summed E-state index contributed by atoms with van der Waals surface area (Å²) in [6.45, 7) is 18.8. The maximum atomic E-state index is 7.79. The zero-order chi connectivity index (χ0) is 44.2. The molecule has 1 unspecified atom stereocenters. The van der Waals surface area contributed by atoms with E-state index in [1.165, 1.54) is 61.0 Å². The molecule has 7 aromatic rings. The number of fused-ring (bicyclic) bond motifs is 9. The summed E-state index contributed by atoms with van der Waals surface area (Å²) in [5, 5.41) is 2.31. The maximum Gasteiger partial charge on any atom is 0.117 e. The summed E-state index contributed by atoms with van der Waals surface area (Å²) in [5.41, 5.74) is 30.7. The monoisotopic (exact) mass is 824 g/mol. The number of nitrogens with two attached hydrogens (primary N) is 1. The van der Waals surface area contributed by atoms with Crippen molar-refractivity contribution in [2.45, 2.75) is 71.1 Å². The first kappa shape index (κ1) is 40.0. The summed E-state index contributed by atoms with van der Waals surface area (Å²) in [5.74, 6) is -0.111. The molecule has 0 spiro atoms. The molecule has 11 rings (SSSR count). The van der Waals surface area contributed by atoms with Gasteiger partial charge < -0.3 is 10.6 Å². The summed E-state index contributed by atoms with van der Waals surface area (Å²) < 4.78 is 0. The van der Waals surface area contributed by atoms with Gasteiger partial charge in [0.15, 0.2) is 0 Å². The minimum atomic E-state index is -0.131. The van der Waals surface area contributed by atoms with Crippen molar-refractivity contribution in [1.29, 1.82) is 0 Å². The Bertz CT molecular complexity index is 3290. The van der Waals surface area contributed by atoms with E-state index in [2.05, 4.69) is 204 Å². The molecule has 4 aliphatic rings. The molecule has 3 aliphatic carbocycles. The van der Waals surface area contributed by atoms with Gasteiger partial charge in [-0.15, -0.1) is 0 Å². The van der Waals surface area contributed by atoms with Gasteiger partial charge >= 0.3 is 0 Å². The summed E-state index contributed by atoms with van der Waals surface area (Å²) >= 11 is 0. The van der Waals surface area contributed by atoms with Crippen molar-refractivity contribution in [3.63, 3.8) is 0 Å². The Labute approximate surface area is 380 Å². The van der Waals surface area contributed by atoms with Crippen molar-refractivity contribution in [3.05, 3.63) is 231 Å². The number of hydrogen-bond acceptors (Lipinski definition) is 2. The van der Waals surface area contributed by atoms with Crippen LogP contribution in [-0.4, -0.2) is 7.85 Å². The van der Waals surface area contributed by atoms with Gasteiger partial charge in [-0.05, 0) is 150 Å². The molecule has 310 valence electrons. The fourth-order valence-corrected chi connectivity index (χ4v) is 11.3. The van der Waals surface area contributed by atoms with Crippen molar-refractivity contribution >= 4 is 46.8 Å². The Morgan fingerprint density at radius 2 is 1.38 bits per heavy atom. The van der Waals surface area contributed by atoms with Gasteiger partial charge in [-0.3, -0.25) is 0 Å². The molecule has 1 heterocycles. The lowest BCUT2D eigenvalue weighted by atomic mass is 9.66. The van der Waals surface area contributed by atoms with Crippen LogP contribution in [0.3, 0.4) is 0 Å². The highest BCUT2D eigenvalue weighted by Crippen LogP contribution is 2.57. The maximum absolute atomic E-state index is 7.79. The van der Waals surface area contributed by atoms with Crippen LogP contribution in [0.2, 0.25) is 0 Å². The molecule has 3 heteroatoms. The van der Waals surface area contributed by atoms with E-state index in [0.29, 0.717) is 0 Å². The molecule has 1 atom stereocenters. The summed E-state index contributed by atoms with van der Waals surface area (Å²) in [6.07, 6.45) is 6.49. The lowest BCUT2D eigenvalue weighted by molar-refractivity contribution is 0.592. The summed E-state index contributed by atoms with van der Waals surface area (Å²) in [6, 6.07) is 53.7. The van der Waals surface area contributed by atoms with E-state index in [1.807, 2.05) is 0 Å². The fourth-order valence-electron chi connectivity index (χ4n) is 11.3. The molecule has 0 saturated heterocycles. The Morgan fingerprint density at radius 3 is 2.16 bits per heavy atom. The molecule has 1 aliphatic heterocycles. The molecule has 64 heavy (non-hydrogen) atoms. The number of nitrogens with zero attached hydrogens (tertiary/aromatic N) is 1. The molecule has 2 radical (unpaired) electrons. The number of nitrogen functional groups attached to an aromatic ring is 1. The van der Waals surface area contributed by atoms with Crippen molar-refractivity contribution < 1.29 is 0 Å². The Kier molecular flexibility index (Phi) is 9.12. The quantitative estimate of drug-likeness (QED) is 0.142. The number of hydrogen-bond donors (Lipinski definition) is 1. The van der Waals surface area contributed by atoms with E-state index in [1.54, 1.807) is 0 Å². The molecule has 0 aromatic heterocycles. The van der Waals surface area contributed by atoms with E-state index >= 15 is 0 Å². The summed E-state index contributed by atoms with van der Waals surface area (Å²) in [7, 11) is 7.79. The molecule has 7 aromatic carbocycles. The second kappa shape index (κ2) is 14.6. The van der Waals surface area contributed by atoms with Crippen LogP contribution in [0.5, 0.6) is 0 Å². The lowest BCUT2D eigenvalue weighted by Gasteiger charge is -2.42. The van der Waals surface area contributed by atoms with Crippen LogP contribution in [0.1, 0.15) is 92.3 Å². The van der Waals surface area contributed by atoms with Crippen molar-refractivity contribution in [2.24, 2.45) is 0 Å². The van der Waals surface area contributed by atoms with Gasteiger partial charge in [-0.1, -0.05) is 168 Å². The average molecular weight is 825 g/mol. The highest BCUT2D eigenvalue weighted by Gasteiger charge is 2.40. The van der Waals surface area contributed by atoms with Gasteiger partial charge in [0.25, 0.3) is 0 Å². The second-order valence-corrected chi connectivity index (χ2v) is 19.8. The first-order valence-corrected chi connectivity index (χ1v) is 22.8. The van der Waals surface area contributed by atoms with Crippen LogP contribution in [0, 0.1) is 6.92 Å². The average Bonchev–Trinajstić information content (AvgIpc) is 3.52. The van der Waals surface area contributed by atoms with Crippen LogP contribution in [0.25, 0.3) is 44.2 Å². The number of aryl methyl sites for hydroxylation is 1. The van der Waals surface area contributed by atoms with Gasteiger partial charge in [0.05, 0.1) is 5.69 Å². The standard InChI is InChI=1S/C61H53BN2/c1-36-17-8-11-20-42(36)48-35-56-59(62)57(37(48)2)47-24-16-23-45(50-31-38-18-9-10-19-39(38)32-54(50)63)58(47)46-29-27-40(43-21-12-14-25-51(43)60(3,4)5)33-55(46)64(56)41-28-30-53-49(34-41)44-22-13-15-26-52(44)61(53,6)7/h8-15,17-22,24-35,48H,2,16,23,63H2,1,3-7H3. The molecule has 2 nitrogen and oxygen atoms in total. The minimum Gasteiger partial charge on any atom is -0.398 e. The van der Waals surface area contributed by atoms with Gasteiger partial charge in [0, 0.05) is 39.5 Å². The molecule has 0 saturated carbocycles. The molecular weight excluding hydrogens is 771 g/mol. The van der Waals surface area contributed by atoms with E-state index < -0.39 is 0 Å². The number of anilines is 3. The topological polar surface area (TPSA) is 29.3 Å². The molecule has 0 amide bonds. The summed E-state index contributed by atoms with van der Waals surface area (Å²) in [4.78, 5) is 2.47. The minimum absolute atomic E-state index is 0.0710. The third kappa shape index (κ3) is 6.08. The normalized spacial score (nSPS) is 17.6. The third-order valence-corrected chi connectivity index (χ3v) is 14.5. The Morgan fingerprint density at radius 1 is 0.688 bits per heavy atom. The zero-order valence-electron chi connectivity index (χ0n) is 37.8. The zero-order valence-corrected chi connectivity index (χ0v) is 37.8. The number of rotatable bonds is 4. The van der Waals surface area contributed by atoms with Gasteiger partial charge in [0.1, 0.15) is 7.85 Å². The molecule has 0 fully saturated rings. The highest BCUT2D eigenvalue weighted by molar-refractivity contribution is 6.28. The van der Waals surface area contributed by atoms with Crippen LogP contribution < -0.4 is 10.6 Å². The predicted molar refractivity (Wildman–Crippen MR) is 273 cm³/mol. The van der Waals surface area contributed by atoms with Crippen LogP contribution >= 0.6 is 0 Å². The van der Waals surface area contributed by atoms with Crippen molar-refractivity contribution in [2.75, 3.05) is 10.6 Å². The van der Waals surface area contributed by atoms with Gasteiger partial charge in [0.2, 0.25) is 0 Å². The van der Waals surface area contributed by atoms with Gasteiger partial charge in [-0.2, -0.15) is 0 Å². The molecule has 2 N–H and O–H groups in total. The first-order valence-electron chi connectivity index (χ1n) is 22.8. The van der Waals surface area contributed by atoms with Crippen LogP contribution in [-0.2, 0) is 10.8 Å². The fraction of sp³-hybridized carbons (Fsp3) is 0.180.